The first kappa shape index (κ1) is 14.5. The zero-order valence-corrected chi connectivity index (χ0v) is 12.6. The average molecular weight is 302 g/mol. The van der Waals surface area contributed by atoms with Crippen molar-refractivity contribution in [1.82, 2.24) is 19.7 Å². The van der Waals surface area contributed by atoms with Crippen LogP contribution in [0.1, 0.15) is 35.3 Å². The van der Waals surface area contributed by atoms with Crippen molar-refractivity contribution >= 4 is 22.9 Å². The molecule has 22 heavy (non-hydrogen) atoms. The number of carboxylic acid groups (broad SMARTS) is 1. The second kappa shape index (κ2) is 5.40. The fourth-order valence-electron chi connectivity index (χ4n) is 3.02. The van der Waals surface area contributed by atoms with E-state index in [1.54, 1.807) is 17.8 Å². The van der Waals surface area contributed by atoms with Gasteiger partial charge in [-0.3, -0.25) is 9.48 Å². The van der Waals surface area contributed by atoms with Gasteiger partial charge in [-0.2, -0.15) is 5.10 Å². The minimum atomic E-state index is -0.945. The first-order valence-corrected chi connectivity index (χ1v) is 7.32. The number of likely N-dealkylation sites (tertiary alicyclic amines) is 1. The number of nitrogens with zero attached hydrogens (tertiary/aromatic N) is 4. The molecule has 3 heterocycles. The van der Waals surface area contributed by atoms with Gasteiger partial charge in [0.2, 0.25) is 0 Å². The van der Waals surface area contributed by atoms with Gasteiger partial charge in [0.1, 0.15) is 6.04 Å². The molecule has 1 amide bonds. The van der Waals surface area contributed by atoms with Gasteiger partial charge in [0.25, 0.3) is 5.91 Å². The van der Waals surface area contributed by atoms with E-state index in [9.17, 15) is 14.7 Å². The molecule has 0 radical (unpaired) electrons. The molecule has 2 aromatic heterocycles. The van der Waals surface area contributed by atoms with Gasteiger partial charge in [0, 0.05) is 25.2 Å². The zero-order valence-electron chi connectivity index (χ0n) is 12.6. The number of hydrogen-bond donors (Lipinski definition) is 1. The Bertz CT molecular complexity index is 753. The summed E-state index contributed by atoms with van der Waals surface area (Å²) in [4.78, 5) is 29.8. The second-order valence-corrected chi connectivity index (χ2v) is 5.65. The van der Waals surface area contributed by atoms with Gasteiger partial charge >= 0.3 is 5.97 Å². The molecule has 1 aliphatic rings. The minimum Gasteiger partial charge on any atom is -0.480 e. The highest BCUT2D eigenvalue weighted by Crippen LogP contribution is 2.22. The van der Waals surface area contributed by atoms with Gasteiger partial charge in [-0.05, 0) is 32.3 Å². The molecule has 1 N–H and O–H groups in total. The number of aryl methyl sites for hydroxylation is 2. The van der Waals surface area contributed by atoms with Gasteiger partial charge in [-0.1, -0.05) is 0 Å². The van der Waals surface area contributed by atoms with Crippen LogP contribution in [0.3, 0.4) is 0 Å². The maximum absolute atomic E-state index is 12.7. The summed E-state index contributed by atoms with van der Waals surface area (Å²) in [5.74, 6) is -1.22. The fourth-order valence-corrected chi connectivity index (χ4v) is 3.02. The van der Waals surface area contributed by atoms with Gasteiger partial charge in [0.15, 0.2) is 5.65 Å². The molecular weight excluding hydrogens is 284 g/mol. The van der Waals surface area contributed by atoms with Crippen molar-refractivity contribution < 1.29 is 14.7 Å². The van der Waals surface area contributed by atoms with Crippen LogP contribution >= 0.6 is 0 Å². The molecule has 0 spiro atoms. The molecule has 116 valence electrons. The number of aliphatic carboxylic acids is 1. The van der Waals surface area contributed by atoms with Crippen molar-refractivity contribution in [2.45, 2.75) is 32.2 Å². The predicted molar refractivity (Wildman–Crippen MR) is 79.6 cm³/mol. The van der Waals surface area contributed by atoms with Crippen LogP contribution in [-0.2, 0) is 11.8 Å². The number of carbonyl (C=O) groups excluding carboxylic acids is 1. The Hall–Kier alpha value is -2.44. The molecule has 0 bridgehead atoms. The molecule has 0 saturated carbocycles. The smallest absolute Gasteiger partial charge is 0.326 e. The van der Waals surface area contributed by atoms with Gasteiger partial charge in [-0.15, -0.1) is 0 Å². The topological polar surface area (TPSA) is 88.3 Å². The number of amides is 1. The Kier molecular flexibility index (Phi) is 3.56. The van der Waals surface area contributed by atoms with Crippen molar-refractivity contribution in [2.75, 3.05) is 6.54 Å². The van der Waals surface area contributed by atoms with Crippen molar-refractivity contribution in [3.05, 3.63) is 23.5 Å². The summed E-state index contributed by atoms with van der Waals surface area (Å²) < 4.78 is 1.67. The van der Waals surface area contributed by atoms with Crippen LogP contribution in [-0.4, -0.2) is 49.2 Å². The van der Waals surface area contributed by atoms with Crippen LogP contribution in [0.15, 0.2) is 12.3 Å². The van der Waals surface area contributed by atoms with E-state index in [2.05, 4.69) is 10.1 Å². The van der Waals surface area contributed by atoms with E-state index in [1.807, 2.05) is 6.92 Å². The van der Waals surface area contributed by atoms with Crippen LogP contribution in [0.4, 0.5) is 0 Å². The Labute approximate surface area is 127 Å². The molecule has 1 atom stereocenters. The van der Waals surface area contributed by atoms with Crippen LogP contribution in [0.25, 0.3) is 11.0 Å². The van der Waals surface area contributed by atoms with E-state index in [0.717, 1.165) is 23.9 Å². The Balaban J connectivity index is 1.97. The quantitative estimate of drug-likeness (QED) is 0.904. The Morgan fingerprint density at radius 2 is 2.14 bits per heavy atom. The Morgan fingerprint density at radius 1 is 1.36 bits per heavy atom. The summed E-state index contributed by atoms with van der Waals surface area (Å²) in [6.07, 6.45) is 3.67. The van der Waals surface area contributed by atoms with Crippen LogP contribution in [0.2, 0.25) is 0 Å². The van der Waals surface area contributed by atoms with Crippen LogP contribution in [0.5, 0.6) is 0 Å². The second-order valence-electron chi connectivity index (χ2n) is 5.65. The normalized spacial score (nSPS) is 18.6. The molecular formula is C15H18N4O3. The number of carboxylic acids is 1. The van der Waals surface area contributed by atoms with E-state index in [1.165, 1.54) is 11.1 Å². The number of pyridine rings is 1. The molecule has 1 saturated heterocycles. The average Bonchev–Trinajstić information content (AvgIpc) is 2.81. The van der Waals surface area contributed by atoms with Gasteiger partial charge in [0.05, 0.1) is 11.3 Å². The third kappa shape index (κ3) is 2.32. The van der Waals surface area contributed by atoms with E-state index in [-0.39, 0.29) is 5.91 Å². The predicted octanol–water partition coefficient (Wildman–Crippen LogP) is 1.36. The first-order chi connectivity index (χ1) is 10.5. The largest absolute Gasteiger partial charge is 0.480 e. The standard InChI is InChI=1S/C15H18N4O3/c1-9-11-7-10(8-16-13(11)18(2)17-9)14(20)19-6-4-3-5-12(19)15(21)22/h7-8,12H,3-6H2,1-2H3,(H,21,22)/t12-/m1/s1. The lowest BCUT2D eigenvalue weighted by Gasteiger charge is -2.32. The van der Waals surface area contributed by atoms with Crippen molar-refractivity contribution in [2.24, 2.45) is 7.05 Å². The van der Waals surface area contributed by atoms with Gasteiger partial charge in [-0.25, -0.2) is 9.78 Å². The zero-order chi connectivity index (χ0) is 15.9. The summed E-state index contributed by atoms with van der Waals surface area (Å²) in [5, 5.41) is 14.4. The maximum atomic E-state index is 12.7. The molecule has 0 aliphatic carbocycles. The molecule has 7 heteroatoms. The van der Waals surface area contributed by atoms with E-state index < -0.39 is 12.0 Å². The summed E-state index contributed by atoms with van der Waals surface area (Å²) in [6, 6.07) is 1.01. The third-order valence-corrected chi connectivity index (χ3v) is 4.16. The first-order valence-electron chi connectivity index (χ1n) is 7.32. The lowest BCUT2D eigenvalue weighted by Crippen LogP contribution is -2.48. The van der Waals surface area contributed by atoms with E-state index in [0.29, 0.717) is 24.2 Å². The van der Waals surface area contributed by atoms with Crippen molar-refractivity contribution in [3.8, 4) is 0 Å². The lowest BCUT2D eigenvalue weighted by atomic mass is 10.0. The number of aromatic nitrogens is 3. The van der Waals surface area contributed by atoms with Crippen molar-refractivity contribution in [1.29, 1.82) is 0 Å². The van der Waals surface area contributed by atoms with E-state index >= 15 is 0 Å². The summed E-state index contributed by atoms with van der Waals surface area (Å²) >= 11 is 0. The number of rotatable bonds is 2. The number of fused-ring (bicyclic) bond motifs is 1. The monoisotopic (exact) mass is 302 g/mol. The maximum Gasteiger partial charge on any atom is 0.326 e. The molecule has 1 aliphatic heterocycles. The molecule has 0 aromatic carbocycles. The molecule has 7 nitrogen and oxygen atoms in total. The summed E-state index contributed by atoms with van der Waals surface area (Å²) in [6.45, 7) is 2.33. The molecule has 0 unspecified atom stereocenters. The number of piperidine rings is 1. The molecule has 1 fully saturated rings. The summed E-state index contributed by atoms with van der Waals surface area (Å²) in [5.41, 5.74) is 1.92. The number of hydrogen-bond acceptors (Lipinski definition) is 4. The molecule has 3 rings (SSSR count). The Morgan fingerprint density at radius 3 is 2.86 bits per heavy atom. The highest BCUT2D eigenvalue weighted by molar-refractivity contribution is 5.99. The number of carbonyl (C=O) groups is 2. The van der Waals surface area contributed by atoms with Crippen LogP contribution in [0, 0.1) is 6.92 Å². The van der Waals surface area contributed by atoms with Crippen molar-refractivity contribution in [3.63, 3.8) is 0 Å². The lowest BCUT2D eigenvalue weighted by molar-refractivity contribution is -0.143. The minimum absolute atomic E-state index is 0.273. The molecule has 2 aromatic rings. The summed E-state index contributed by atoms with van der Waals surface area (Å²) in [7, 11) is 1.80. The highest BCUT2D eigenvalue weighted by atomic mass is 16.4. The van der Waals surface area contributed by atoms with Crippen LogP contribution < -0.4 is 0 Å². The third-order valence-electron chi connectivity index (χ3n) is 4.16. The SMILES string of the molecule is Cc1nn(C)c2ncc(C(=O)N3CCCC[C@@H]3C(=O)O)cc12. The van der Waals surface area contributed by atoms with Gasteiger partial charge < -0.3 is 10.0 Å². The highest BCUT2D eigenvalue weighted by Gasteiger charge is 2.32. The van der Waals surface area contributed by atoms with E-state index in [4.69, 9.17) is 0 Å². The fraction of sp³-hybridized carbons (Fsp3) is 0.467.